The first-order valence-electron chi connectivity index (χ1n) is 8.87. The lowest BCUT2D eigenvalue weighted by molar-refractivity contribution is -0.160. The summed E-state index contributed by atoms with van der Waals surface area (Å²) in [7, 11) is 0. The van der Waals surface area contributed by atoms with Crippen molar-refractivity contribution in [1.29, 1.82) is 0 Å². The molecule has 4 heteroatoms. The lowest BCUT2D eigenvalue weighted by Gasteiger charge is -2.42. The second-order valence-corrected chi connectivity index (χ2v) is 7.65. The molecule has 2 aliphatic carbocycles. The monoisotopic (exact) mass is 320 g/mol. The normalized spacial score (nSPS) is 40.8. The number of aliphatic hydroxyl groups is 2. The highest BCUT2D eigenvalue weighted by Gasteiger charge is 2.39. The molecule has 0 aromatic heterocycles. The minimum atomic E-state index is -0.564. The highest BCUT2D eigenvalue weighted by molar-refractivity contribution is 5.70. The van der Waals surface area contributed by atoms with Crippen molar-refractivity contribution < 1.29 is 19.7 Å². The van der Waals surface area contributed by atoms with Crippen LogP contribution in [0.2, 0.25) is 0 Å². The Labute approximate surface area is 138 Å². The van der Waals surface area contributed by atoms with Crippen LogP contribution in [0.1, 0.15) is 52.4 Å². The molecular weight excluding hydrogens is 292 g/mol. The molecule has 3 aliphatic rings. The number of esters is 1. The van der Waals surface area contributed by atoms with Crippen molar-refractivity contribution in [2.24, 2.45) is 17.8 Å². The van der Waals surface area contributed by atoms with E-state index in [1.807, 2.05) is 0 Å². The van der Waals surface area contributed by atoms with Gasteiger partial charge >= 0.3 is 5.97 Å². The minimum Gasteiger partial charge on any atom is -0.462 e. The molecule has 1 fully saturated rings. The fourth-order valence-corrected chi connectivity index (χ4v) is 4.58. The molecule has 0 saturated carbocycles. The number of ether oxygens (including phenoxy) is 1. The van der Waals surface area contributed by atoms with E-state index in [4.69, 9.17) is 4.74 Å². The topological polar surface area (TPSA) is 66.8 Å². The fraction of sp³-hybridized carbons (Fsp3) is 0.737. The molecule has 0 bridgehead atoms. The van der Waals surface area contributed by atoms with Gasteiger partial charge in [0.25, 0.3) is 0 Å². The van der Waals surface area contributed by atoms with Gasteiger partial charge in [0, 0.05) is 12.3 Å². The molecule has 1 heterocycles. The molecule has 0 amide bonds. The van der Waals surface area contributed by atoms with Crippen molar-refractivity contribution in [2.75, 3.05) is 0 Å². The maximum Gasteiger partial charge on any atom is 0.308 e. The molecule has 6 atom stereocenters. The summed E-state index contributed by atoms with van der Waals surface area (Å²) in [6.45, 7) is 4.33. The summed E-state index contributed by atoms with van der Waals surface area (Å²) in [6, 6.07) is 0. The van der Waals surface area contributed by atoms with Gasteiger partial charge in [-0.2, -0.15) is 0 Å². The first-order valence-corrected chi connectivity index (χ1v) is 8.87. The van der Waals surface area contributed by atoms with Gasteiger partial charge in [0.05, 0.1) is 18.6 Å². The molecule has 0 radical (unpaired) electrons. The van der Waals surface area contributed by atoms with E-state index in [-0.39, 0.29) is 30.5 Å². The van der Waals surface area contributed by atoms with Gasteiger partial charge in [-0.05, 0) is 50.0 Å². The van der Waals surface area contributed by atoms with Crippen LogP contribution in [0.5, 0.6) is 0 Å². The second-order valence-electron chi connectivity index (χ2n) is 7.65. The Hall–Kier alpha value is -1.13. The predicted molar refractivity (Wildman–Crippen MR) is 87.6 cm³/mol. The zero-order valence-corrected chi connectivity index (χ0v) is 14.1. The molecule has 4 nitrogen and oxygen atoms in total. The highest BCUT2D eigenvalue weighted by Crippen LogP contribution is 2.44. The number of hydrogen-bond donors (Lipinski definition) is 2. The van der Waals surface area contributed by atoms with E-state index < -0.39 is 6.10 Å². The number of fused-ring (bicyclic) bond motifs is 1. The van der Waals surface area contributed by atoms with Gasteiger partial charge in [-0.25, -0.2) is 0 Å². The van der Waals surface area contributed by atoms with Gasteiger partial charge in [-0.3, -0.25) is 4.79 Å². The van der Waals surface area contributed by atoms with Crippen LogP contribution in [0.4, 0.5) is 0 Å². The van der Waals surface area contributed by atoms with Crippen molar-refractivity contribution in [3.8, 4) is 0 Å². The van der Waals surface area contributed by atoms with Crippen LogP contribution >= 0.6 is 0 Å². The third-order valence-corrected chi connectivity index (χ3v) is 5.72. The predicted octanol–water partition coefficient (Wildman–Crippen LogP) is 2.74. The number of rotatable bonds is 3. The minimum absolute atomic E-state index is 0.120. The molecular formula is C19H28O4. The van der Waals surface area contributed by atoms with Crippen molar-refractivity contribution in [2.45, 2.75) is 70.7 Å². The molecule has 0 spiro atoms. The molecule has 3 rings (SSSR count). The highest BCUT2D eigenvalue weighted by atomic mass is 16.5. The molecule has 2 N–H and O–H groups in total. The van der Waals surface area contributed by atoms with E-state index in [0.717, 1.165) is 25.7 Å². The maximum atomic E-state index is 11.5. The van der Waals surface area contributed by atoms with E-state index in [0.29, 0.717) is 18.3 Å². The summed E-state index contributed by atoms with van der Waals surface area (Å²) in [5.41, 5.74) is 2.53. The number of cyclic esters (lactones) is 1. The van der Waals surface area contributed by atoms with Crippen molar-refractivity contribution in [3.63, 3.8) is 0 Å². The first kappa shape index (κ1) is 16.7. The smallest absolute Gasteiger partial charge is 0.308 e. The number of carbonyl (C=O) groups is 1. The lowest BCUT2D eigenvalue weighted by atomic mass is 9.65. The Balaban J connectivity index is 1.67. The zero-order valence-electron chi connectivity index (χ0n) is 14.1. The molecule has 6 unspecified atom stereocenters. The zero-order chi connectivity index (χ0) is 16.6. The van der Waals surface area contributed by atoms with Crippen LogP contribution in [0.25, 0.3) is 0 Å². The second kappa shape index (κ2) is 6.78. The summed E-state index contributed by atoms with van der Waals surface area (Å²) in [4.78, 5) is 11.5. The first-order chi connectivity index (χ1) is 10.9. The summed E-state index contributed by atoms with van der Waals surface area (Å²) in [5, 5.41) is 20.3. The van der Waals surface area contributed by atoms with Gasteiger partial charge in [0.1, 0.15) is 6.10 Å². The van der Waals surface area contributed by atoms with Crippen LogP contribution in [-0.4, -0.2) is 34.5 Å². The molecule has 0 aromatic carbocycles. The molecule has 1 aliphatic heterocycles. The molecule has 1 saturated heterocycles. The summed E-state index contributed by atoms with van der Waals surface area (Å²) < 4.78 is 5.37. The van der Waals surface area contributed by atoms with E-state index in [2.05, 4.69) is 26.0 Å². The quantitative estimate of drug-likeness (QED) is 0.785. The van der Waals surface area contributed by atoms with Crippen LogP contribution in [-0.2, 0) is 9.53 Å². The maximum absolute atomic E-state index is 11.5. The van der Waals surface area contributed by atoms with Crippen molar-refractivity contribution in [1.82, 2.24) is 0 Å². The fourth-order valence-electron chi connectivity index (χ4n) is 4.58. The van der Waals surface area contributed by atoms with Gasteiger partial charge < -0.3 is 14.9 Å². The van der Waals surface area contributed by atoms with E-state index in [1.165, 1.54) is 11.1 Å². The SMILES string of the molecule is CC1=CC2=CCC(C)C(CCC3CC(O)CC(=O)O3)C2C(O)C1. The number of carbonyl (C=O) groups excluding carboxylic acids is 1. The van der Waals surface area contributed by atoms with Gasteiger partial charge in [0.2, 0.25) is 0 Å². The number of aliphatic hydroxyl groups excluding tert-OH is 2. The standard InChI is InChI=1S/C19H28O4/c1-11-7-13-4-3-12(2)16(19(13)17(21)8-11)6-5-15-9-14(20)10-18(22)23-15/h4,7,12,14-17,19-21H,3,5-6,8-10H2,1-2H3. The van der Waals surface area contributed by atoms with E-state index in [9.17, 15) is 15.0 Å². The third-order valence-electron chi connectivity index (χ3n) is 5.72. The largest absolute Gasteiger partial charge is 0.462 e. The summed E-state index contributed by atoms with van der Waals surface area (Å²) in [6.07, 6.45) is 7.63. The number of hydrogen-bond acceptors (Lipinski definition) is 4. The van der Waals surface area contributed by atoms with Crippen LogP contribution in [0, 0.1) is 17.8 Å². The summed E-state index contributed by atoms with van der Waals surface area (Å²) >= 11 is 0. The average Bonchev–Trinajstić information content (AvgIpc) is 2.45. The molecule has 128 valence electrons. The third kappa shape index (κ3) is 3.69. The van der Waals surface area contributed by atoms with Crippen molar-refractivity contribution in [3.05, 3.63) is 23.3 Å². The lowest BCUT2D eigenvalue weighted by Crippen LogP contribution is -2.39. The van der Waals surface area contributed by atoms with Crippen LogP contribution < -0.4 is 0 Å². The Kier molecular flexibility index (Phi) is 4.93. The Morgan fingerprint density at radius 1 is 1.26 bits per heavy atom. The van der Waals surface area contributed by atoms with Crippen LogP contribution in [0.3, 0.4) is 0 Å². The van der Waals surface area contributed by atoms with E-state index >= 15 is 0 Å². The summed E-state index contributed by atoms with van der Waals surface area (Å²) in [5.74, 6) is 0.843. The van der Waals surface area contributed by atoms with Crippen molar-refractivity contribution >= 4 is 5.97 Å². The van der Waals surface area contributed by atoms with Gasteiger partial charge in [0.15, 0.2) is 0 Å². The average molecular weight is 320 g/mol. The Morgan fingerprint density at radius 3 is 2.78 bits per heavy atom. The molecule has 0 aromatic rings. The Bertz CT molecular complexity index is 521. The Morgan fingerprint density at radius 2 is 2.04 bits per heavy atom. The van der Waals surface area contributed by atoms with Gasteiger partial charge in [-0.1, -0.05) is 24.6 Å². The van der Waals surface area contributed by atoms with E-state index in [1.54, 1.807) is 0 Å². The number of allylic oxidation sites excluding steroid dienone is 2. The molecule has 23 heavy (non-hydrogen) atoms. The van der Waals surface area contributed by atoms with Crippen LogP contribution in [0.15, 0.2) is 23.3 Å². The van der Waals surface area contributed by atoms with Gasteiger partial charge in [-0.15, -0.1) is 0 Å².